The fourth-order valence-electron chi connectivity index (χ4n) is 3.10. The summed E-state index contributed by atoms with van der Waals surface area (Å²) in [5.74, 6) is -9.24. The Balaban J connectivity index is 1.73. The third-order valence-electron chi connectivity index (χ3n) is 4.64. The van der Waals surface area contributed by atoms with Gasteiger partial charge in [0.1, 0.15) is 17.4 Å². The number of alkyl halides is 5. The molecule has 9 nitrogen and oxygen atoms in total. The minimum Gasteiger partial charge on any atom is -0.549 e. The lowest BCUT2D eigenvalue weighted by molar-refractivity contribution is -0.306. The highest BCUT2D eigenvalue weighted by molar-refractivity contribution is 6.13. The fraction of sp³-hybridized carbons (Fsp3) is 0.294. The van der Waals surface area contributed by atoms with E-state index in [-0.39, 0.29) is 33.9 Å². The molecule has 1 amide bonds. The number of halogens is 5. The SMILES string of the molecule is O=C([O-])C1C(=O)Nc2nc(-c3nn(CCC(F)(F)C(F)(F)F)c4ncccc34)ncc21. The third-order valence-corrected chi connectivity index (χ3v) is 4.64. The summed E-state index contributed by atoms with van der Waals surface area (Å²) in [5.41, 5.74) is 0.00373. The second-order valence-electron chi connectivity index (χ2n) is 6.64. The molecule has 162 valence electrons. The van der Waals surface area contributed by atoms with Crippen molar-refractivity contribution in [3.05, 3.63) is 30.1 Å². The van der Waals surface area contributed by atoms with Crippen molar-refractivity contribution in [3.8, 4) is 11.5 Å². The zero-order valence-corrected chi connectivity index (χ0v) is 15.2. The summed E-state index contributed by atoms with van der Waals surface area (Å²) in [6.07, 6.45) is -4.88. The topological polar surface area (TPSA) is 126 Å². The van der Waals surface area contributed by atoms with Crippen LogP contribution < -0.4 is 10.4 Å². The molecule has 0 spiro atoms. The number of aryl methyl sites for hydroxylation is 1. The molecule has 0 saturated carbocycles. The first-order chi connectivity index (χ1) is 14.5. The average molecular weight is 441 g/mol. The van der Waals surface area contributed by atoms with E-state index in [1.807, 2.05) is 0 Å². The maximum absolute atomic E-state index is 13.3. The second-order valence-corrected chi connectivity index (χ2v) is 6.64. The monoisotopic (exact) mass is 441 g/mol. The molecule has 0 radical (unpaired) electrons. The maximum atomic E-state index is 13.3. The summed E-state index contributed by atoms with van der Waals surface area (Å²) < 4.78 is 65.0. The van der Waals surface area contributed by atoms with Crippen LogP contribution in [0.1, 0.15) is 17.9 Å². The maximum Gasteiger partial charge on any atom is 0.453 e. The zero-order valence-electron chi connectivity index (χ0n) is 15.2. The van der Waals surface area contributed by atoms with Crippen molar-refractivity contribution in [3.63, 3.8) is 0 Å². The van der Waals surface area contributed by atoms with E-state index in [9.17, 15) is 36.6 Å². The Morgan fingerprint density at radius 1 is 1.23 bits per heavy atom. The Labute approximate surface area is 168 Å². The minimum absolute atomic E-state index is 0.00683. The number of hydrogen-bond acceptors (Lipinski definition) is 7. The largest absolute Gasteiger partial charge is 0.549 e. The Morgan fingerprint density at radius 3 is 2.65 bits per heavy atom. The van der Waals surface area contributed by atoms with E-state index in [0.29, 0.717) is 0 Å². The number of carboxylic acids is 1. The normalized spacial score (nSPS) is 16.4. The van der Waals surface area contributed by atoms with Crippen molar-refractivity contribution in [2.24, 2.45) is 0 Å². The van der Waals surface area contributed by atoms with Crippen molar-refractivity contribution in [2.45, 2.75) is 31.0 Å². The second kappa shape index (κ2) is 6.92. The number of carbonyl (C=O) groups excluding carboxylic acids is 2. The Bertz CT molecular complexity index is 1210. The predicted octanol–water partition coefficient (Wildman–Crippen LogP) is 1.26. The molecule has 1 atom stereocenters. The van der Waals surface area contributed by atoms with Gasteiger partial charge in [-0.1, -0.05) is 0 Å². The summed E-state index contributed by atoms with van der Waals surface area (Å²) in [6.45, 7) is -0.797. The van der Waals surface area contributed by atoms with Crippen LogP contribution in [0, 0.1) is 0 Å². The average Bonchev–Trinajstić information content (AvgIpc) is 3.22. The van der Waals surface area contributed by atoms with E-state index in [4.69, 9.17) is 0 Å². The summed E-state index contributed by atoms with van der Waals surface area (Å²) in [7, 11) is 0. The van der Waals surface area contributed by atoms with Crippen molar-refractivity contribution >= 4 is 28.7 Å². The molecule has 1 aliphatic heterocycles. The highest BCUT2D eigenvalue weighted by Crippen LogP contribution is 2.39. The molecule has 0 saturated heterocycles. The predicted molar refractivity (Wildman–Crippen MR) is 90.6 cm³/mol. The molecule has 1 N–H and O–H groups in total. The molecular weight excluding hydrogens is 431 g/mol. The molecule has 4 heterocycles. The fourth-order valence-corrected chi connectivity index (χ4v) is 3.10. The number of carboxylic acid groups (broad SMARTS) is 1. The molecular formula is C17H10F5N6O3-. The molecule has 3 aromatic rings. The van der Waals surface area contributed by atoms with Gasteiger partial charge in [-0.3, -0.25) is 4.79 Å². The Hall–Kier alpha value is -3.71. The number of nitrogens with zero attached hydrogens (tertiary/aromatic N) is 5. The quantitative estimate of drug-likeness (QED) is 0.467. The van der Waals surface area contributed by atoms with Crippen LogP contribution in [0.5, 0.6) is 0 Å². The zero-order chi connectivity index (χ0) is 22.6. The molecule has 1 unspecified atom stereocenters. The number of aromatic nitrogens is 5. The number of hydrogen-bond donors (Lipinski definition) is 1. The first-order valence-corrected chi connectivity index (χ1v) is 8.65. The van der Waals surface area contributed by atoms with Crippen LogP contribution in [-0.4, -0.2) is 48.7 Å². The Morgan fingerprint density at radius 2 is 1.97 bits per heavy atom. The lowest BCUT2D eigenvalue weighted by Gasteiger charge is -2.19. The summed E-state index contributed by atoms with van der Waals surface area (Å²) in [4.78, 5) is 34.9. The number of amides is 1. The number of pyridine rings is 1. The van der Waals surface area contributed by atoms with E-state index in [1.54, 1.807) is 0 Å². The summed E-state index contributed by atoms with van der Waals surface area (Å²) in [5, 5.41) is 17.7. The molecule has 14 heteroatoms. The van der Waals surface area contributed by atoms with Gasteiger partial charge in [0.2, 0.25) is 5.91 Å². The third kappa shape index (κ3) is 3.43. The lowest BCUT2D eigenvalue weighted by atomic mass is 10.0. The van der Waals surface area contributed by atoms with Crippen molar-refractivity contribution in [1.82, 2.24) is 24.7 Å². The van der Waals surface area contributed by atoms with E-state index in [1.165, 1.54) is 18.3 Å². The number of anilines is 1. The summed E-state index contributed by atoms with van der Waals surface area (Å²) in [6, 6.07) is 2.98. The van der Waals surface area contributed by atoms with Gasteiger partial charge in [0.05, 0.1) is 11.4 Å². The summed E-state index contributed by atoms with van der Waals surface area (Å²) >= 11 is 0. The van der Waals surface area contributed by atoms with Crippen LogP contribution >= 0.6 is 0 Å². The van der Waals surface area contributed by atoms with Crippen LogP contribution in [0.2, 0.25) is 0 Å². The van der Waals surface area contributed by atoms with Crippen molar-refractivity contribution in [2.75, 3.05) is 5.32 Å². The van der Waals surface area contributed by atoms with Crippen LogP contribution in [0.3, 0.4) is 0 Å². The van der Waals surface area contributed by atoms with Gasteiger partial charge < -0.3 is 15.2 Å². The highest BCUT2D eigenvalue weighted by atomic mass is 19.4. The smallest absolute Gasteiger partial charge is 0.453 e. The Kier molecular flexibility index (Phi) is 4.59. The van der Waals surface area contributed by atoms with Gasteiger partial charge >= 0.3 is 12.1 Å². The minimum atomic E-state index is -5.71. The van der Waals surface area contributed by atoms with Gasteiger partial charge in [0.25, 0.3) is 0 Å². The molecule has 3 aromatic heterocycles. The number of nitrogens with one attached hydrogen (secondary N) is 1. The van der Waals surface area contributed by atoms with E-state index < -0.39 is 42.9 Å². The van der Waals surface area contributed by atoms with Crippen LogP contribution in [0.4, 0.5) is 27.8 Å². The van der Waals surface area contributed by atoms with Gasteiger partial charge in [-0.2, -0.15) is 27.1 Å². The van der Waals surface area contributed by atoms with E-state index >= 15 is 0 Å². The molecule has 0 bridgehead atoms. The number of carbonyl (C=O) groups is 2. The molecule has 0 aliphatic carbocycles. The van der Waals surface area contributed by atoms with Gasteiger partial charge in [-0.25, -0.2) is 19.6 Å². The molecule has 0 fully saturated rings. The van der Waals surface area contributed by atoms with E-state index in [0.717, 1.165) is 10.9 Å². The lowest BCUT2D eigenvalue weighted by Crippen LogP contribution is -2.37. The van der Waals surface area contributed by atoms with Gasteiger partial charge in [0.15, 0.2) is 11.5 Å². The van der Waals surface area contributed by atoms with Crippen molar-refractivity contribution < 1.29 is 36.6 Å². The molecule has 0 aromatic carbocycles. The first-order valence-electron chi connectivity index (χ1n) is 8.65. The molecule has 4 rings (SSSR count). The van der Waals surface area contributed by atoms with E-state index in [2.05, 4.69) is 25.4 Å². The standard InChI is InChI=1S/C17H11F5N6O3/c18-16(19,17(20,21)22)3-5-28-13-7(2-1-4-23-13)10(27-28)12-24-6-8-9(15(30)31)14(29)26-11(8)25-12/h1-2,4,6,9H,3,5H2,(H,30,31)(H,24,25,26,29)/p-1. The highest BCUT2D eigenvalue weighted by Gasteiger charge is 2.56. The van der Waals surface area contributed by atoms with Crippen LogP contribution in [0.25, 0.3) is 22.6 Å². The van der Waals surface area contributed by atoms with Crippen LogP contribution in [0.15, 0.2) is 24.5 Å². The first kappa shape index (κ1) is 20.6. The molecule has 31 heavy (non-hydrogen) atoms. The van der Waals surface area contributed by atoms with Gasteiger partial charge in [-0.15, -0.1) is 0 Å². The number of fused-ring (bicyclic) bond motifs is 2. The number of aliphatic carboxylic acids is 1. The van der Waals surface area contributed by atoms with Gasteiger partial charge in [-0.05, 0) is 12.1 Å². The van der Waals surface area contributed by atoms with Crippen LogP contribution in [-0.2, 0) is 16.1 Å². The van der Waals surface area contributed by atoms with Gasteiger partial charge in [0, 0.05) is 30.9 Å². The number of rotatable bonds is 5. The molecule has 1 aliphatic rings. The van der Waals surface area contributed by atoms with Crippen molar-refractivity contribution in [1.29, 1.82) is 0 Å².